The maximum absolute atomic E-state index is 14.1. The number of hydrogen-bond donors (Lipinski definition) is 1. The smallest absolute Gasteiger partial charge is 0.145 e. The number of rotatable bonds is 6. The zero-order chi connectivity index (χ0) is 14.5. The van der Waals surface area contributed by atoms with Gasteiger partial charge in [0.15, 0.2) is 0 Å². The van der Waals surface area contributed by atoms with E-state index in [-0.39, 0.29) is 16.9 Å². The maximum atomic E-state index is 14.1. The first kappa shape index (κ1) is 15.5. The molecule has 1 aromatic heterocycles. The van der Waals surface area contributed by atoms with Crippen LogP contribution in [0.1, 0.15) is 36.1 Å². The summed E-state index contributed by atoms with van der Waals surface area (Å²) < 4.78 is 14.1. The first-order chi connectivity index (χ1) is 9.63. The topological polar surface area (TPSA) is 12.0 Å². The molecule has 0 saturated carbocycles. The second-order valence-electron chi connectivity index (χ2n) is 4.93. The summed E-state index contributed by atoms with van der Waals surface area (Å²) in [5, 5.41) is 7.97. The summed E-state index contributed by atoms with van der Waals surface area (Å²) in [7, 11) is 0. The highest BCUT2D eigenvalue weighted by atomic mass is 35.5. The molecule has 108 valence electrons. The zero-order valence-corrected chi connectivity index (χ0v) is 13.3. The molecule has 0 bridgehead atoms. The van der Waals surface area contributed by atoms with Gasteiger partial charge in [0.2, 0.25) is 0 Å². The molecule has 2 aromatic rings. The number of benzene rings is 1. The Morgan fingerprint density at radius 2 is 2.15 bits per heavy atom. The van der Waals surface area contributed by atoms with Gasteiger partial charge in [0, 0.05) is 6.04 Å². The fraction of sp³-hybridized carbons (Fsp3) is 0.375. The van der Waals surface area contributed by atoms with Crippen LogP contribution < -0.4 is 5.32 Å². The van der Waals surface area contributed by atoms with E-state index in [4.69, 9.17) is 11.6 Å². The molecule has 1 N–H and O–H groups in total. The molecular weight excluding hydrogens is 293 g/mol. The molecule has 0 spiro atoms. The van der Waals surface area contributed by atoms with Gasteiger partial charge in [0.1, 0.15) is 5.82 Å². The number of thiophene rings is 1. The van der Waals surface area contributed by atoms with Gasteiger partial charge in [-0.15, -0.1) is 0 Å². The molecule has 1 aromatic carbocycles. The van der Waals surface area contributed by atoms with Crippen molar-refractivity contribution in [2.45, 2.75) is 32.7 Å². The lowest BCUT2D eigenvalue weighted by atomic mass is 9.98. The Morgan fingerprint density at radius 3 is 2.80 bits per heavy atom. The summed E-state index contributed by atoms with van der Waals surface area (Å²) in [5.41, 5.74) is 3.17. The summed E-state index contributed by atoms with van der Waals surface area (Å²) in [6.07, 6.45) is 1.67. The van der Waals surface area contributed by atoms with Crippen LogP contribution in [0.5, 0.6) is 0 Å². The van der Waals surface area contributed by atoms with Crippen molar-refractivity contribution in [1.82, 2.24) is 5.32 Å². The molecule has 1 unspecified atom stereocenters. The van der Waals surface area contributed by atoms with Gasteiger partial charge in [-0.2, -0.15) is 11.3 Å². The Bertz CT molecular complexity index is 567. The summed E-state index contributed by atoms with van der Waals surface area (Å²) in [5.74, 6) is -0.301. The standard InChI is InChI=1S/C16H19ClFNS/c1-3-7-19-15(13-10-20-9-11(13)2)8-12-5-4-6-14(17)16(12)18/h4-6,9-10,15,19H,3,7-8H2,1-2H3. The van der Waals surface area contributed by atoms with Crippen LogP contribution in [0.3, 0.4) is 0 Å². The second-order valence-corrected chi connectivity index (χ2v) is 6.08. The molecule has 0 aliphatic heterocycles. The SMILES string of the molecule is CCCNC(Cc1cccc(Cl)c1F)c1cscc1C. The van der Waals surface area contributed by atoms with Gasteiger partial charge >= 0.3 is 0 Å². The molecule has 4 heteroatoms. The van der Waals surface area contributed by atoms with E-state index in [2.05, 4.69) is 29.9 Å². The van der Waals surface area contributed by atoms with Crippen molar-refractivity contribution >= 4 is 22.9 Å². The molecule has 1 atom stereocenters. The van der Waals surface area contributed by atoms with Crippen molar-refractivity contribution in [2.24, 2.45) is 0 Å². The summed E-state index contributed by atoms with van der Waals surface area (Å²) >= 11 is 7.55. The van der Waals surface area contributed by atoms with Crippen molar-refractivity contribution in [3.8, 4) is 0 Å². The Balaban J connectivity index is 2.24. The first-order valence-electron chi connectivity index (χ1n) is 6.82. The third-order valence-corrected chi connectivity index (χ3v) is 4.54. The number of hydrogen-bond acceptors (Lipinski definition) is 2. The Labute approximate surface area is 128 Å². The summed E-state index contributed by atoms with van der Waals surface area (Å²) in [6, 6.07) is 5.33. The third-order valence-electron chi connectivity index (χ3n) is 3.37. The lowest BCUT2D eigenvalue weighted by Crippen LogP contribution is -2.24. The molecule has 0 fully saturated rings. The fourth-order valence-corrected chi connectivity index (χ4v) is 3.36. The molecule has 0 aliphatic rings. The molecule has 20 heavy (non-hydrogen) atoms. The van der Waals surface area contributed by atoms with Crippen LogP contribution in [0, 0.1) is 12.7 Å². The average Bonchev–Trinajstić information content (AvgIpc) is 2.85. The molecular formula is C16H19ClFNS. The van der Waals surface area contributed by atoms with E-state index in [9.17, 15) is 4.39 Å². The minimum Gasteiger partial charge on any atom is -0.310 e. The van der Waals surface area contributed by atoms with E-state index in [0.717, 1.165) is 13.0 Å². The average molecular weight is 312 g/mol. The van der Waals surface area contributed by atoms with Crippen LogP contribution in [-0.4, -0.2) is 6.54 Å². The normalized spacial score (nSPS) is 12.6. The predicted molar refractivity (Wildman–Crippen MR) is 85.2 cm³/mol. The van der Waals surface area contributed by atoms with Gasteiger partial charge in [-0.1, -0.05) is 30.7 Å². The van der Waals surface area contributed by atoms with Crippen LogP contribution in [0.4, 0.5) is 4.39 Å². The minimum absolute atomic E-state index is 0.133. The molecule has 1 heterocycles. The predicted octanol–water partition coefficient (Wildman–Crippen LogP) is 5.13. The molecule has 0 aliphatic carbocycles. The zero-order valence-electron chi connectivity index (χ0n) is 11.7. The van der Waals surface area contributed by atoms with Gasteiger partial charge in [-0.25, -0.2) is 4.39 Å². The second kappa shape index (κ2) is 7.21. The maximum Gasteiger partial charge on any atom is 0.145 e. The monoisotopic (exact) mass is 311 g/mol. The van der Waals surface area contributed by atoms with Gasteiger partial charge in [-0.05, 0) is 59.8 Å². The first-order valence-corrected chi connectivity index (χ1v) is 8.14. The number of nitrogens with one attached hydrogen (secondary N) is 1. The van der Waals surface area contributed by atoms with Crippen molar-refractivity contribution in [2.75, 3.05) is 6.54 Å². The number of halogens is 2. The molecule has 0 saturated heterocycles. The third kappa shape index (κ3) is 3.60. The molecule has 0 radical (unpaired) electrons. The van der Waals surface area contributed by atoms with Crippen LogP contribution in [0.25, 0.3) is 0 Å². The van der Waals surface area contributed by atoms with E-state index in [0.29, 0.717) is 12.0 Å². The van der Waals surface area contributed by atoms with Crippen LogP contribution in [-0.2, 0) is 6.42 Å². The highest BCUT2D eigenvalue weighted by molar-refractivity contribution is 7.08. The van der Waals surface area contributed by atoms with E-state index in [1.165, 1.54) is 11.1 Å². The van der Waals surface area contributed by atoms with E-state index < -0.39 is 0 Å². The van der Waals surface area contributed by atoms with Crippen LogP contribution in [0.15, 0.2) is 29.0 Å². The van der Waals surface area contributed by atoms with Gasteiger partial charge < -0.3 is 5.32 Å². The highest BCUT2D eigenvalue weighted by Crippen LogP contribution is 2.27. The lowest BCUT2D eigenvalue weighted by Gasteiger charge is -2.19. The quantitative estimate of drug-likeness (QED) is 0.779. The van der Waals surface area contributed by atoms with E-state index in [1.54, 1.807) is 23.5 Å². The number of aryl methyl sites for hydroxylation is 1. The highest BCUT2D eigenvalue weighted by Gasteiger charge is 2.17. The fourth-order valence-electron chi connectivity index (χ4n) is 2.26. The lowest BCUT2D eigenvalue weighted by molar-refractivity contribution is 0.512. The summed E-state index contributed by atoms with van der Waals surface area (Å²) in [4.78, 5) is 0. The summed E-state index contributed by atoms with van der Waals surface area (Å²) in [6.45, 7) is 5.15. The molecule has 2 rings (SSSR count). The van der Waals surface area contributed by atoms with Crippen LogP contribution in [0.2, 0.25) is 5.02 Å². The Morgan fingerprint density at radius 1 is 1.35 bits per heavy atom. The molecule has 1 nitrogen and oxygen atoms in total. The van der Waals surface area contributed by atoms with Crippen molar-refractivity contribution in [3.63, 3.8) is 0 Å². The van der Waals surface area contributed by atoms with E-state index in [1.807, 2.05) is 6.07 Å². The minimum atomic E-state index is -0.301. The largest absolute Gasteiger partial charge is 0.310 e. The van der Waals surface area contributed by atoms with Crippen molar-refractivity contribution in [1.29, 1.82) is 0 Å². The van der Waals surface area contributed by atoms with Gasteiger partial charge in [0.25, 0.3) is 0 Å². The molecule has 0 amide bonds. The van der Waals surface area contributed by atoms with Gasteiger partial charge in [-0.3, -0.25) is 0 Å². The van der Waals surface area contributed by atoms with Gasteiger partial charge in [0.05, 0.1) is 5.02 Å². The van der Waals surface area contributed by atoms with Crippen LogP contribution >= 0.6 is 22.9 Å². The van der Waals surface area contributed by atoms with Crippen molar-refractivity contribution < 1.29 is 4.39 Å². The van der Waals surface area contributed by atoms with Crippen molar-refractivity contribution in [3.05, 3.63) is 56.5 Å². The van der Waals surface area contributed by atoms with E-state index >= 15 is 0 Å². The Kier molecular flexibility index (Phi) is 5.58. The Hall–Kier alpha value is -0.900.